The summed E-state index contributed by atoms with van der Waals surface area (Å²) < 4.78 is 5.67. The van der Waals surface area contributed by atoms with E-state index in [0.29, 0.717) is 0 Å². The predicted octanol–water partition coefficient (Wildman–Crippen LogP) is 5.20. The highest BCUT2D eigenvalue weighted by Crippen LogP contribution is 2.19. The normalized spacial score (nSPS) is 10.4. The van der Waals surface area contributed by atoms with Crippen LogP contribution in [0.2, 0.25) is 0 Å². The number of hydrogen-bond donors (Lipinski definition) is 0. The molecule has 0 unspecified atom stereocenters. The first kappa shape index (κ1) is 15.0. The van der Waals surface area contributed by atoms with Gasteiger partial charge in [-0.25, -0.2) is 0 Å². The molecule has 0 aliphatic carbocycles. The minimum atomic E-state index is 0.819. The highest BCUT2D eigenvalue weighted by atomic mass is 32.2. The van der Waals surface area contributed by atoms with Crippen LogP contribution >= 0.6 is 11.8 Å². The van der Waals surface area contributed by atoms with Crippen molar-refractivity contribution >= 4 is 11.8 Å². The third-order valence-electron chi connectivity index (χ3n) is 3.09. The molecule has 106 valence electrons. The van der Waals surface area contributed by atoms with Crippen molar-refractivity contribution in [1.29, 1.82) is 0 Å². The van der Waals surface area contributed by atoms with Gasteiger partial charge in [0.05, 0.1) is 6.61 Å². The third kappa shape index (κ3) is 5.30. The Hall–Kier alpha value is -1.41. The van der Waals surface area contributed by atoms with E-state index in [2.05, 4.69) is 61.5 Å². The molecule has 0 fully saturated rings. The molecule has 2 aromatic rings. The molecule has 0 aromatic heterocycles. The van der Waals surface area contributed by atoms with E-state index in [0.717, 1.165) is 31.0 Å². The van der Waals surface area contributed by atoms with E-state index >= 15 is 0 Å². The van der Waals surface area contributed by atoms with E-state index in [-0.39, 0.29) is 0 Å². The van der Waals surface area contributed by atoms with Crippen molar-refractivity contribution in [3.8, 4) is 5.75 Å². The summed E-state index contributed by atoms with van der Waals surface area (Å²) in [5.74, 6) is 2.10. The summed E-state index contributed by atoms with van der Waals surface area (Å²) in [6.07, 6.45) is 3.39. The Balaban J connectivity index is 1.73. The quantitative estimate of drug-likeness (QED) is 0.487. The van der Waals surface area contributed by atoms with Gasteiger partial charge in [-0.3, -0.25) is 0 Å². The number of thioether (sulfide) groups is 1. The summed E-state index contributed by atoms with van der Waals surface area (Å²) in [6, 6.07) is 19.1. The largest absolute Gasteiger partial charge is 0.494 e. The zero-order chi connectivity index (χ0) is 14.0. The minimum Gasteiger partial charge on any atom is -0.494 e. The molecule has 0 aliphatic heterocycles. The molecule has 0 heterocycles. The smallest absolute Gasteiger partial charge is 0.119 e. The maximum Gasteiger partial charge on any atom is 0.119 e. The number of aryl methyl sites for hydroxylation is 1. The van der Waals surface area contributed by atoms with Crippen molar-refractivity contribution in [1.82, 2.24) is 0 Å². The summed E-state index contributed by atoms with van der Waals surface area (Å²) in [6.45, 7) is 3.00. The van der Waals surface area contributed by atoms with Crippen LogP contribution in [0.25, 0.3) is 0 Å². The Morgan fingerprint density at radius 1 is 0.950 bits per heavy atom. The monoisotopic (exact) mass is 286 g/mol. The number of ether oxygens (including phenoxy) is 1. The molecule has 0 amide bonds. The van der Waals surface area contributed by atoms with Crippen LogP contribution in [0, 0.1) is 0 Å². The van der Waals surface area contributed by atoms with Gasteiger partial charge in [-0.05, 0) is 42.7 Å². The van der Waals surface area contributed by atoms with Crippen LogP contribution in [-0.4, -0.2) is 12.4 Å². The van der Waals surface area contributed by atoms with Gasteiger partial charge in [-0.1, -0.05) is 43.7 Å². The van der Waals surface area contributed by atoms with Crippen LogP contribution in [0.15, 0.2) is 59.5 Å². The summed E-state index contributed by atoms with van der Waals surface area (Å²) >= 11 is 1.91. The first-order chi connectivity index (χ1) is 9.88. The van der Waals surface area contributed by atoms with Gasteiger partial charge in [0, 0.05) is 10.6 Å². The lowest BCUT2D eigenvalue weighted by Gasteiger charge is -2.06. The van der Waals surface area contributed by atoms with Gasteiger partial charge in [0.1, 0.15) is 5.75 Å². The first-order valence-corrected chi connectivity index (χ1v) is 8.26. The molecule has 0 saturated heterocycles. The lowest BCUT2D eigenvalue weighted by Crippen LogP contribution is -1.96. The molecule has 0 radical (unpaired) electrons. The first-order valence-electron chi connectivity index (χ1n) is 7.28. The lowest BCUT2D eigenvalue weighted by molar-refractivity contribution is 0.309. The van der Waals surface area contributed by atoms with Crippen LogP contribution in [0.5, 0.6) is 5.75 Å². The average Bonchev–Trinajstić information content (AvgIpc) is 2.50. The fourth-order valence-electron chi connectivity index (χ4n) is 1.89. The second kappa shape index (κ2) is 8.70. The van der Waals surface area contributed by atoms with Gasteiger partial charge < -0.3 is 4.74 Å². The third-order valence-corrected chi connectivity index (χ3v) is 4.11. The second-order valence-electron chi connectivity index (χ2n) is 4.76. The Morgan fingerprint density at radius 3 is 2.40 bits per heavy atom. The standard InChI is InChI=1S/C18H22OS/c1-2-3-14-19-17-11-9-16(10-12-17)13-15-20-18-7-5-4-6-8-18/h4-12H,2-3,13-15H2,1H3. The van der Waals surface area contributed by atoms with E-state index in [1.54, 1.807) is 0 Å². The van der Waals surface area contributed by atoms with Crippen LogP contribution in [0.3, 0.4) is 0 Å². The molecule has 0 bridgehead atoms. The molecular weight excluding hydrogens is 264 g/mol. The number of rotatable bonds is 8. The molecule has 0 saturated carbocycles. The summed E-state index contributed by atoms with van der Waals surface area (Å²) in [4.78, 5) is 1.34. The van der Waals surface area contributed by atoms with Crippen molar-refractivity contribution < 1.29 is 4.74 Å². The van der Waals surface area contributed by atoms with E-state index in [4.69, 9.17) is 4.74 Å². The maximum absolute atomic E-state index is 5.67. The highest BCUT2D eigenvalue weighted by molar-refractivity contribution is 7.99. The molecular formula is C18H22OS. The van der Waals surface area contributed by atoms with Crippen LogP contribution in [0.1, 0.15) is 25.3 Å². The average molecular weight is 286 g/mol. The topological polar surface area (TPSA) is 9.23 Å². The Labute approximate surface area is 126 Å². The van der Waals surface area contributed by atoms with Crippen LogP contribution in [-0.2, 0) is 6.42 Å². The van der Waals surface area contributed by atoms with Gasteiger partial charge >= 0.3 is 0 Å². The van der Waals surface area contributed by atoms with E-state index in [1.165, 1.54) is 16.9 Å². The van der Waals surface area contributed by atoms with Crippen molar-refractivity contribution in [3.05, 3.63) is 60.2 Å². The van der Waals surface area contributed by atoms with Crippen LogP contribution < -0.4 is 4.74 Å². The number of benzene rings is 2. The van der Waals surface area contributed by atoms with E-state index in [9.17, 15) is 0 Å². The summed E-state index contributed by atoms with van der Waals surface area (Å²) in [5, 5.41) is 0. The summed E-state index contributed by atoms with van der Waals surface area (Å²) in [5.41, 5.74) is 1.37. The Morgan fingerprint density at radius 2 is 1.70 bits per heavy atom. The number of hydrogen-bond acceptors (Lipinski definition) is 2. The second-order valence-corrected chi connectivity index (χ2v) is 5.93. The molecule has 1 nitrogen and oxygen atoms in total. The molecule has 2 heteroatoms. The lowest BCUT2D eigenvalue weighted by atomic mass is 10.2. The van der Waals surface area contributed by atoms with Gasteiger partial charge in [0.15, 0.2) is 0 Å². The molecule has 2 rings (SSSR count). The Kier molecular flexibility index (Phi) is 6.52. The predicted molar refractivity (Wildman–Crippen MR) is 87.7 cm³/mol. The van der Waals surface area contributed by atoms with Crippen LogP contribution in [0.4, 0.5) is 0 Å². The Bertz CT molecular complexity index is 479. The van der Waals surface area contributed by atoms with Gasteiger partial charge in [-0.2, -0.15) is 0 Å². The maximum atomic E-state index is 5.67. The fraction of sp³-hybridized carbons (Fsp3) is 0.333. The van der Waals surface area contributed by atoms with Crippen molar-refractivity contribution in [3.63, 3.8) is 0 Å². The van der Waals surface area contributed by atoms with E-state index in [1.807, 2.05) is 11.8 Å². The van der Waals surface area contributed by atoms with Crippen molar-refractivity contribution in [2.45, 2.75) is 31.1 Å². The summed E-state index contributed by atoms with van der Waals surface area (Å²) in [7, 11) is 0. The van der Waals surface area contributed by atoms with Gasteiger partial charge in [0.25, 0.3) is 0 Å². The highest BCUT2D eigenvalue weighted by Gasteiger charge is 1.97. The molecule has 0 spiro atoms. The molecule has 0 aliphatic rings. The SMILES string of the molecule is CCCCOc1ccc(CCSc2ccccc2)cc1. The zero-order valence-corrected chi connectivity index (χ0v) is 12.9. The molecule has 2 aromatic carbocycles. The minimum absolute atomic E-state index is 0.819. The zero-order valence-electron chi connectivity index (χ0n) is 12.0. The number of unbranched alkanes of at least 4 members (excludes halogenated alkanes) is 1. The molecule has 20 heavy (non-hydrogen) atoms. The van der Waals surface area contributed by atoms with Crippen molar-refractivity contribution in [2.24, 2.45) is 0 Å². The van der Waals surface area contributed by atoms with E-state index < -0.39 is 0 Å². The van der Waals surface area contributed by atoms with Gasteiger partial charge in [0.2, 0.25) is 0 Å². The molecule has 0 atom stereocenters. The molecule has 0 N–H and O–H groups in total. The fourth-order valence-corrected chi connectivity index (χ4v) is 2.81. The van der Waals surface area contributed by atoms with Gasteiger partial charge in [-0.15, -0.1) is 11.8 Å². The van der Waals surface area contributed by atoms with Crippen molar-refractivity contribution in [2.75, 3.05) is 12.4 Å².